The molecule has 0 aromatic carbocycles. The first-order valence-electron chi connectivity index (χ1n) is 39.6. The normalized spacial score (nSPS) is 14.6. The summed E-state index contributed by atoms with van der Waals surface area (Å²) in [7, 11) is -9.91. The highest BCUT2D eigenvalue weighted by atomic mass is 31.2. The van der Waals surface area contributed by atoms with Gasteiger partial charge in [0.1, 0.15) is 19.3 Å². The number of ether oxygens (including phenoxy) is 4. The van der Waals surface area contributed by atoms with E-state index in [0.29, 0.717) is 25.7 Å². The van der Waals surface area contributed by atoms with Crippen LogP contribution >= 0.6 is 15.6 Å². The van der Waals surface area contributed by atoms with Crippen molar-refractivity contribution in [3.63, 3.8) is 0 Å². The molecular formula is C76H148O17P2. The van der Waals surface area contributed by atoms with E-state index in [9.17, 15) is 43.2 Å². The van der Waals surface area contributed by atoms with Gasteiger partial charge in [0, 0.05) is 25.7 Å². The van der Waals surface area contributed by atoms with Gasteiger partial charge in [-0.25, -0.2) is 9.13 Å². The van der Waals surface area contributed by atoms with Crippen LogP contribution in [0.2, 0.25) is 0 Å². The van der Waals surface area contributed by atoms with E-state index in [4.69, 9.17) is 37.0 Å². The predicted molar refractivity (Wildman–Crippen MR) is 386 cm³/mol. The van der Waals surface area contributed by atoms with Crippen molar-refractivity contribution < 1.29 is 80.2 Å². The molecule has 0 amide bonds. The first kappa shape index (κ1) is 93.1. The summed E-state index contributed by atoms with van der Waals surface area (Å²) in [5.74, 6) is -0.669. The van der Waals surface area contributed by atoms with Gasteiger partial charge in [-0.15, -0.1) is 0 Å². The number of hydrogen-bond acceptors (Lipinski definition) is 15. The third-order valence-corrected chi connectivity index (χ3v) is 20.3. The maximum atomic E-state index is 13.1. The fraction of sp³-hybridized carbons (Fsp3) is 0.947. The van der Waals surface area contributed by atoms with Gasteiger partial charge in [-0.3, -0.25) is 37.3 Å². The molecule has 19 heteroatoms. The molecule has 17 nitrogen and oxygen atoms in total. The Morgan fingerprint density at radius 3 is 0.747 bits per heavy atom. The molecule has 0 aliphatic carbocycles. The highest BCUT2D eigenvalue weighted by Crippen LogP contribution is 2.45. The summed E-state index contributed by atoms with van der Waals surface area (Å²) in [4.78, 5) is 72.8. The lowest BCUT2D eigenvalue weighted by Crippen LogP contribution is -2.30. The number of carbonyl (C=O) groups excluding carboxylic acids is 4. The van der Waals surface area contributed by atoms with Crippen molar-refractivity contribution in [2.24, 2.45) is 11.8 Å². The highest BCUT2D eigenvalue weighted by Gasteiger charge is 2.30. The summed E-state index contributed by atoms with van der Waals surface area (Å²) < 4.78 is 68.5. The molecule has 0 aromatic rings. The van der Waals surface area contributed by atoms with Crippen LogP contribution in [-0.2, 0) is 65.4 Å². The van der Waals surface area contributed by atoms with Gasteiger partial charge in [-0.2, -0.15) is 0 Å². The van der Waals surface area contributed by atoms with Crippen LogP contribution in [0.25, 0.3) is 0 Å². The number of phosphoric ester groups is 2. The minimum Gasteiger partial charge on any atom is -0.462 e. The SMILES string of the molecule is CCCCCCCCCCCCCCCCCCCCC(=O)O[C@H](COC(=O)CCCCCCCCCCCCCCCCCCC)COP(=O)(O)OC[C@@H](O)COP(=O)(O)OC[C@@H](COC(=O)CCCCCCCCC(C)CC)OC(=O)CCCCCCCCC(C)CC. The van der Waals surface area contributed by atoms with Gasteiger partial charge in [-0.1, -0.05) is 343 Å². The lowest BCUT2D eigenvalue weighted by molar-refractivity contribution is -0.161. The number of unbranched alkanes of at least 4 members (excludes halogenated alkanes) is 43. The third kappa shape index (κ3) is 67.6. The number of phosphoric acid groups is 2. The number of rotatable bonds is 75. The van der Waals surface area contributed by atoms with Crippen LogP contribution in [0.1, 0.15) is 395 Å². The average Bonchev–Trinajstić information content (AvgIpc) is 2.02. The van der Waals surface area contributed by atoms with Crippen LogP contribution in [0.4, 0.5) is 0 Å². The summed E-state index contributed by atoms with van der Waals surface area (Å²) in [6.07, 6.45) is 55.7. The van der Waals surface area contributed by atoms with Crippen LogP contribution in [0, 0.1) is 11.8 Å². The molecule has 0 saturated heterocycles. The van der Waals surface area contributed by atoms with Crippen molar-refractivity contribution in [1.82, 2.24) is 0 Å². The molecule has 0 aromatic heterocycles. The molecule has 3 N–H and O–H groups in total. The number of aliphatic hydroxyl groups is 1. The molecule has 4 unspecified atom stereocenters. The van der Waals surface area contributed by atoms with E-state index in [2.05, 4.69) is 41.5 Å². The van der Waals surface area contributed by atoms with E-state index < -0.39 is 97.5 Å². The summed E-state index contributed by atoms with van der Waals surface area (Å²) in [5.41, 5.74) is 0. The number of esters is 4. The molecule has 0 heterocycles. The molecule has 0 fully saturated rings. The number of hydrogen-bond donors (Lipinski definition) is 3. The summed E-state index contributed by atoms with van der Waals surface area (Å²) >= 11 is 0. The third-order valence-electron chi connectivity index (χ3n) is 18.4. The molecular weight excluding hydrogens is 1250 g/mol. The predicted octanol–water partition coefficient (Wildman–Crippen LogP) is 22.3. The quantitative estimate of drug-likeness (QED) is 0.0222. The Bertz CT molecular complexity index is 1840. The largest absolute Gasteiger partial charge is 0.472 e. The summed E-state index contributed by atoms with van der Waals surface area (Å²) in [5, 5.41) is 10.6. The standard InChI is InChI=1S/C76H148O17P2/c1-7-11-13-15-17-19-21-23-25-27-29-31-33-35-37-39-48-54-60-75(80)92-71(64-86-73(78)58-52-46-38-36-34-32-30-28-26-24-22-20-18-16-14-12-8-2)66-90-94(82,83)88-62-70(77)63-89-95(84,85)91-67-72(93-76(81)61-55-49-43-41-45-51-57-69(6)10-4)65-87-74(79)59-53-47-42-40-44-50-56-68(5)9-3/h68-72,77H,7-67H2,1-6H3,(H,82,83)(H,84,85)/t68?,69?,70-,71-,72-/m1/s1. The zero-order valence-corrected chi connectivity index (χ0v) is 63.8. The smallest absolute Gasteiger partial charge is 0.462 e. The van der Waals surface area contributed by atoms with E-state index in [-0.39, 0.29) is 25.7 Å². The van der Waals surface area contributed by atoms with Crippen molar-refractivity contribution in [2.75, 3.05) is 39.6 Å². The van der Waals surface area contributed by atoms with Crippen molar-refractivity contribution >= 4 is 39.5 Å². The van der Waals surface area contributed by atoms with Crippen LogP contribution in [0.15, 0.2) is 0 Å². The molecule has 95 heavy (non-hydrogen) atoms. The minimum atomic E-state index is -4.96. The molecule has 0 spiro atoms. The van der Waals surface area contributed by atoms with Gasteiger partial charge in [0.2, 0.25) is 0 Å². The fourth-order valence-electron chi connectivity index (χ4n) is 11.6. The van der Waals surface area contributed by atoms with E-state index in [1.54, 1.807) is 0 Å². The molecule has 0 aliphatic rings. The second-order valence-electron chi connectivity index (χ2n) is 27.9. The van der Waals surface area contributed by atoms with E-state index in [1.165, 1.54) is 205 Å². The maximum Gasteiger partial charge on any atom is 0.472 e. The Labute approximate surface area is 581 Å². The van der Waals surface area contributed by atoms with Crippen LogP contribution in [-0.4, -0.2) is 96.7 Å². The summed E-state index contributed by atoms with van der Waals surface area (Å²) in [6.45, 7) is 9.51. The van der Waals surface area contributed by atoms with Gasteiger partial charge >= 0.3 is 39.5 Å². The van der Waals surface area contributed by atoms with Gasteiger partial charge in [0.15, 0.2) is 12.2 Å². The Morgan fingerprint density at radius 1 is 0.295 bits per heavy atom. The molecule has 564 valence electrons. The van der Waals surface area contributed by atoms with E-state index in [1.807, 2.05) is 0 Å². The van der Waals surface area contributed by atoms with Gasteiger partial charge < -0.3 is 33.8 Å². The summed E-state index contributed by atoms with van der Waals surface area (Å²) in [6, 6.07) is 0. The van der Waals surface area contributed by atoms with Crippen LogP contribution < -0.4 is 0 Å². The van der Waals surface area contributed by atoms with Crippen molar-refractivity contribution in [1.29, 1.82) is 0 Å². The molecule has 0 rings (SSSR count). The number of aliphatic hydroxyl groups excluding tert-OH is 1. The molecule has 0 radical (unpaired) electrons. The molecule has 0 bridgehead atoms. The Morgan fingerprint density at radius 2 is 0.505 bits per heavy atom. The van der Waals surface area contributed by atoms with Gasteiger partial charge in [0.25, 0.3) is 0 Å². The number of carbonyl (C=O) groups is 4. The van der Waals surface area contributed by atoms with Crippen LogP contribution in [0.3, 0.4) is 0 Å². The maximum absolute atomic E-state index is 13.1. The van der Waals surface area contributed by atoms with Crippen LogP contribution in [0.5, 0.6) is 0 Å². The topological polar surface area (TPSA) is 237 Å². The average molecular weight is 1400 g/mol. The molecule has 0 saturated carbocycles. The Hall–Kier alpha value is -1.94. The van der Waals surface area contributed by atoms with Crippen molar-refractivity contribution in [3.8, 4) is 0 Å². The monoisotopic (exact) mass is 1400 g/mol. The zero-order valence-electron chi connectivity index (χ0n) is 62.0. The first-order chi connectivity index (χ1) is 45.9. The lowest BCUT2D eigenvalue weighted by Gasteiger charge is -2.21. The molecule has 7 atom stereocenters. The molecule has 0 aliphatic heterocycles. The minimum absolute atomic E-state index is 0.102. The van der Waals surface area contributed by atoms with E-state index >= 15 is 0 Å². The second kappa shape index (κ2) is 67.9. The van der Waals surface area contributed by atoms with Crippen molar-refractivity contribution in [3.05, 3.63) is 0 Å². The fourth-order valence-corrected chi connectivity index (χ4v) is 13.2. The Balaban J connectivity index is 5.22. The van der Waals surface area contributed by atoms with Gasteiger partial charge in [0.05, 0.1) is 26.4 Å². The highest BCUT2D eigenvalue weighted by molar-refractivity contribution is 7.47. The Kier molecular flexibility index (Phi) is 66.5. The lowest BCUT2D eigenvalue weighted by atomic mass is 10.00. The van der Waals surface area contributed by atoms with Crippen molar-refractivity contribution in [2.45, 2.75) is 413 Å². The van der Waals surface area contributed by atoms with E-state index in [0.717, 1.165) is 108 Å². The second-order valence-corrected chi connectivity index (χ2v) is 30.8. The zero-order chi connectivity index (χ0) is 70.0. The first-order valence-corrected chi connectivity index (χ1v) is 42.6. The van der Waals surface area contributed by atoms with Gasteiger partial charge in [-0.05, 0) is 37.5 Å².